The van der Waals surface area contributed by atoms with E-state index in [9.17, 15) is 19.8 Å². The second-order valence-electron chi connectivity index (χ2n) is 10.7. The summed E-state index contributed by atoms with van der Waals surface area (Å²) in [7, 11) is 0. The lowest BCUT2D eigenvalue weighted by Crippen LogP contribution is -2.68. The number of carbonyl (C=O) groups excluding carboxylic acids is 2. The topological polar surface area (TPSA) is 83.8 Å². The van der Waals surface area contributed by atoms with Gasteiger partial charge in [-0.1, -0.05) is 13.8 Å². The lowest BCUT2D eigenvalue weighted by molar-refractivity contribution is -0.265. The van der Waals surface area contributed by atoms with Gasteiger partial charge in [0.25, 0.3) is 0 Å². The van der Waals surface area contributed by atoms with E-state index in [1.54, 1.807) is 6.92 Å². The maximum atomic E-state index is 12.3. The van der Waals surface area contributed by atoms with Crippen LogP contribution in [-0.4, -0.2) is 39.8 Å². The molecule has 9 atom stereocenters. The van der Waals surface area contributed by atoms with Gasteiger partial charge in [-0.25, -0.2) is 0 Å². The number of esters is 1. The Morgan fingerprint density at radius 1 is 1.00 bits per heavy atom. The summed E-state index contributed by atoms with van der Waals surface area (Å²) in [5, 5.41) is 22.8. The number of hydrogen-bond acceptors (Lipinski definition) is 5. The molecular formula is C23H36O5. The molecule has 0 bridgehead atoms. The number of carbonyl (C=O) groups is 2. The minimum absolute atomic E-state index is 0.0352. The van der Waals surface area contributed by atoms with Crippen LogP contribution in [0.3, 0.4) is 0 Å². The fourth-order valence-corrected chi connectivity index (χ4v) is 8.25. The van der Waals surface area contributed by atoms with Crippen LogP contribution in [0.4, 0.5) is 0 Å². The first-order valence-corrected chi connectivity index (χ1v) is 11.1. The lowest BCUT2D eigenvalue weighted by atomic mass is 9.42. The van der Waals surface area contributed by atoms with E-state index >= 15 is 0 Å². The smallest absolute Gasteiger partial charge is 0.302 e. The predicted octanol–water partition coefficient (Wildman–Crippen LogP) is 3.25. The van der Waals surface area contributed by atoms with E-state index in [1.165, 1.54) is 6.92 Å². The van der Waals surface area contributed by atoms with E-state index in [0.29, 0.717) is 36.4 Å². The van der Waals surface area contributed by atoms with Crippen LogP contribution in [0.25, 0.3) is 0 Å². The third-order valence-corrected chi connectivity index (χ3v) is 9.64. The minimum Gasteiger partial charge on any atom is -0.462 e. The van der Waals surface area contributed by atoms with Crippen molar-refractivity contribution in [1.82, 2.24) is 0 Å². The third kappa shape index (κ3) is 2.64. The molecule has 2 N–H and O–H groups in total. The second-order valence-corrected chi connectivity index (χ2v) is 10.7. The summed E-state index contributed by atoms with van der Waals surface area (Å²) in [6.45, 7) is 7.58. The van der Waals surface area contributed by atoms with Gasteiger partial charge in [0.1, 0.15) is 11.9 Å². The van der Waals surface area contributed by atoms with Gasteiger partial charge in [0.2, 0.25) is 0 Å². The van der Waals surface area contributed by atoms with E-state index in [1.807, 2.05) is 0 Å². The number of Topliss-reactive ketones (excluding diaryl/α,β-unsaturated/α-hetero) is 1. The summed E-state index contributed by atoms with van der Waals surface area (Å²) in [5.74, 6) is 1.28. The number of aliphatic hydroxyl groups is 2. The minimum atomic E-state index is -1.21. The predicted molar refractivity (Wildman–Crippen MR) is 104 cm³/mol. The highest BCUT2D eigenvalue weighted by molar-refractivity contribution is 5.79. The molecule has 0 radical (unpaired) electrons. The van der Waals surface area contributed by atoms with Gasteiger partial charge in [-0.05, 0) is 75.0 Å². The van der Waals surface area contributed by atoms with Crippen molar-refractivity contribution in [3.63, 3.8) is 0 Å². The lowest BCUT2D eigenvalue weighted by Gasteiger charge is -2.65. The fraction of sp³-hybridized carbons (Fsp3) is 0.913. The van der Waals surface area contributed by atoms with Crippen LogP contribution >= 0.6 is 0 Å². The molecule has 4 rings (SSSR count). The molecule has 4 aliphatic rings. The summed E-state index contributed by atoms with van der Waals surface area (Å²) in [5.41, 5.74) is -1.55. The number of ether oxygens (including phenoxy) is 1. The Kier molecular flexibility index (Phi) is 4.74. The van der Waals surface area contributed by atoms with Crippen LogP contribution in [0, 0.1) is 34.5 Å². The molecule has 0 spiro atoms. The first kappa shape index (κ1) is 20.3. The maximum Gasteiger partial charge on any atom is 0.302 e. The van der Waals surface area contributed by atoms with Crippen LogP contribution in [0.1, 0.15) is 79.1 Å². The van der Waals surface area contributed by atoms with Crippen molar-refractivity contribution in [1.29, 1.82) is 0 Å². The summed E-state index contributed by atoms with van der Waals surface area (Å²) in [6, 6.07) is 0. The average molecular weight is 393 g/mol. The van der Waals surface area contributed by atoms with Crippen molar-refractivity contribution in [2.75, 3.05) is 0 Å². The quantitative estimate of drug-likeness (QED) is 0.705. The zero-order chi connectivity index (χ0) is 20.5. The summed E-state index contributed by atoms with van der Waals surface area (Å²) >= 11 is 0. The molecule has 0 unspecified atom stereocenters. The largest absolute Gasteiger partial charge is 0.462 e. The first-order valence-electron chi connectivity index (χ1n) is 11.1. The van der Waals surface area contributed by atoms with E-state index in [-0.39, 0.29) is 28.8 Å². The van der Waals surface area contributed by atoms with Gasteiger partial charge in [0.05, 0.1) is 11.7 Å². The molecule has 0 amide bonds. The monoisotopic (exact) mass is 392 g/mol. The molecule has 0 aromatic heterocycles. The van der Waals surface area contributed by atoms with Gasteiger partial charge in [-0.2, -0.15) is 0 Å². The van der Waals surface area contributed by atoms with Gasteiger partial charge in [-0.15, -0.1) is 0 Å². The summed E-state index contributed by atoms with van der Waals surface area (Å²) in [4.78, 5) is 23.7. The van der Waals surface area contributed by atoms with E-state index < -0.39 is 11.7 Å². The number of aliphatic hydroxyl groups excluding tert-OH is 1. The normalized spacial score (nSPS) is 52.9. The van der Waals surface area contributed by atoms with Gasteiger partial charge >= 0.3 is 5.97 Å². The van der Waals surface area contributed by atoms with Crippen LogP contribution in [0.2, 0.25) is 0 Å². The Balaban J connectivity index is 1.63. The molecule has 0 saturated heterocycles. The van der Waals surface area contributed by atoms with Gasteiger partial charge in [0.15, 0.2) is 0 Å². The van der Waals surface area contributed by atoms with Gasteiger partial charge in [0, 0.05) is 24.7 Å². The molecule has 0 heterocycles. The average Bonchev–Trinajstić information content (AvgIpc) is 2.95. The SMILES string of the molecule is CC(=O)O[C@H]1CC[C@]2(C)[C@H]3CC[C@]4(C)[C@@H](C(C)=O)CC[C@H]4[C@@H]3C[C@@H](O)[C@@]2(O)C1. The second kappa shape index (κ2) is 6.53. The van der Waals surface area contributed by atoms with Gasteiger partial charge < -0.3 is 14.9 Å². The van der Waals surface area contributed by atoms with Crippen molar-refractivity contribution in [2.24, 2.45) is 34.5 Å². The van der Waals surface area contributed by atoms with E-state index in [0.717, 1.165) is 38.5 Å². The third-order valence-electron chi connectivity index (χ3n) is 9.64. The molecule has 0 aliphatic heterocycles. The number of fused-ring (bicyclic) bond motifs is 5. The standard InChI is InChI=1S/C23H36O5/c1-13(24)17-5-6-18-16-11-20(26)23(27)12-15(28-14(2)25)7-10-22(23,4)19(16)8-9-21(17,18)3/h15-20,26-27H,5-12H2,1-4H3/t15-,16-,17+,18-,19-,20+,21+,22+,23-/m0/s1. The van der Waals surface area contributed by atoms with Crippen molar-refractivity contribution < 1.29 is 24.5 Å². The number of ketones is 1. The highest BCUT2D eigenvalue weighted by Gasteiger charge is 2.67. The van der Waals surface area contributed by atoms with Crippen LogP contribution < -0.4 is 0 Å². The molecule has 5 nitrogen and oxygen atoms in total. The summed E-state index contributed by atoms with van der Waals surface area (Å²) < 4.78 is 5.41. The Morgan fingerprint density at radius 3 is 2.36 bits per heavy atom. The van der Waals surface area contributed by atoms with E-state index in [4.69, 9.17) is 4.74 Å². The molecule has 158 valence electrons. The fourth-order valence-electron chi connectivity index (χ4n) is 8.25. The number of rotatable bonds is 2. The first-order chi connectivity index (χ1) is 13.0. The number of hydrogen-bond donors (Lipinski definition) is 2. The molecule has 28 heavy (non-hydrogen) atoms. The zero-order valence-corrected chi connectivity index (χ0v) is 17.7. The van der Waals surface area contributed by atoms with Crippen LogP contribution in [-0.2, 0) is 14.3 Å². The van der Waals surface area contributed by atoms with Crippen molar-refractivity contribution in [3.8, 4) is 0 Å². The summed E-state index contributed by atoms with van der Waals surface area (Å²) in [6.07, 6.45) is 5.35. The Morgan fingerprint density at radius 2 is 1.71 bits per heavy atom. The zero-order valence-electron chi connectivity index (χ0n) is 17.7. The Bertz CT molecular complexity index is 676. The molecule has 0 aromatic carbocycles. The van der Waals surface area contributed by atoms with E-state index in [2.05, 4.69) is 13.8 Å². The molecule has 4 fully saturated rings. The Labute approximate surface area is 168 Å². The molecule has 0 aromatic rings. The molecular weight excluding hydrogens is 356 g/mol. The molecule has 4 aliphatic carbocycles. The van der Waals surface area contributed by atoms with Crippen molar-refractivity contribution >= 4 is 11.8 Å². The Hall–Kier alpha value is -0.940. The highest BCUT2D eigenvalue weighted by atomic mass is 16.5. The van der Waals surface area contributed by atoms with Crippen LogP contribution in [0.5, 0.6) is 0 Å². The van der Waals surface area contributed by atoms with Crippen molar-refractivity contribution in [2.45, 2.75) is 96.9 Å². The molecule has 4 saturated carbocycles. The van der Waals surface area contributed by atoms with Gasteiger partial charge in [-0.3, -0.25) is 9.59 Å². The van der Waals surface area contributed by atoms with Crippen molar-refractivity contribution in [3.05, 3.63) is 0 Å². The molecule has 5 heteroatoms. The maximum absolute atomic E-state index is 12.3. The van der Waals surface area contributed by atoms with Crippen LogP contribution in [0.15, 0.2) is 0 Å². The highest BCUT2D eigenvalue weighted by Crippen LogP contribution is 2.68.